The lowest BCUT2D eigenvalue weighted by molar-refractivity contribution is -0.129. The maximum absolute atomic E-state index is 11.5. The number of hydrogen-bond donors (Lipinski definition) is 2. The van der Waals surface area contributed by atoms with Crippen LogP contribution in [0.5, 0.6) is 11.6 Å². The van der Waals surface area contributed by atoms with Gasteiger partial charge < -0.3 is 14.9 Å². The van der Waals surface area contributed by atoms with Gasteiger partial charge in [-0.2, -0.15) is 0 Å². The summed E-state index contributed by atoms with van der Waals surface area (Å²) >= 11 is 6.33. The highest BCUT2D eigenvalue weighted by Gasteiger charge is 2.27. The number of aliphatic carboxylic acids is 1. The van der Waals surface area contributed by atoms with Gasteiger partial charge in [0, 0.05) is 24.3 Å². The molecule has 0 atom stereocenters. The molecule has 0 bridgehead atoms. The number of carbonyl (C=O) groups is 1. The number of nitrogens with zero attached hydrogens (tertiary/aromatic N) is 2. The Labute approximate surface area is 140 Å². The van der Waals surface area contributed by atoms with E-state index < -0.39 is 5.97 Å². The van der Waals surface area contributed by atoms with Gasteiger partial charge in [0.2, 0.25) is 5.88 Å². The maximum Gasteiger partial charge on any atom is 0.355 e. The smallest absolute Gasteiger partial charge is 0.355 e. The highest BCUT2D eigenvalue weighted by Crippen LogP contribution is 2.40. The number of methoxy groups -OCH3 is 1. The summed E-state index contributed by atoms with van der Waals surface area (Å²) in [7, 11) is 3.18. The van der Waals surface area contributed by atoms with E-state index in [-0.39, 0.29) is 11.6 Å². The number of ether oxygens (including phenoxy) is 1. The molecule has 2 N–H and O–H groups in total. The Morgan fingerprint density at radius 1 is 1.48 bits per heavy atom. The molecule has 0 radical (unpaired) electrons. The largest absolute Gasteiger partial charge is 0.497 e. The van der Waals surface area contributed by atoms with Gasteiger partial charge in [0.25, 0.3) is 0 Å². The quantitative estimate of drug-likeness (QED) is 0.832. The molecule has 1 aromatic carbocycles. The fraction of sp³-hybridized carbons (Fsp3) is 0.133. The molecule has 0 saturated carbocycles. The Kier molecular flexibility index (Phi) is 3.78. The maximum atomic E-state index is 11.5. The summed E-state index contributed by atoms with van der Waals surface area (Å²) in [6, 6.07) is 5.16. The Hall–Kier alpha value is -2.45. The Bertz CT molecular complexity index is 937. The first-order valence-corrected chi connectivity index (χ1v) is 7.76. The number of aromatic nitrogens is 1. The van der Waals surface area contributed by atoms with Gasteiger partial charge in [0.15, 0.2) is 9.67 Å². The lowest BCUT2D eigenvalue weighted by Gasteiger charge is -2.04. The first-order valence-electron chi connectivity index (χ1n) is 6.53. The fourth-order valence-electron chi connectivity index (χ4n) is 2.26. The van der Waals surface area contributed by atoms with Crippen molar-refractivity contribution in [2.45, 2.75) is 0 Å². The number of thiazole rings is 1. The second-order valence-electron chi connectivity index (χ2n) is 4.82. The molecule has 2 aromatic rings. The van der Waals surface area contributed by atoms with Crippen LogP contribution in [0.1, 0.15) is 10.4 Å². The molecule has 0 saturated heterocycles. The monoisotopic (exact) mass is 348 g/mol. The van der Waals surface area contributed by atoms with Crippen LogP contribution >= 0.6 is 23.6 Å². The van der Waals surface area contributed by atoms with Crippen LogP contribution in [-0.2, 0) is 11.8 Å². The molecule has 0 unspecified atom stereocenters. The van der Waals surface area contributed by atoms with E-state index in [1.54, 1.807) is 31.3 Å². The van der Waals surface area contributed by atoms with Gasteiger partial charge in [-0.15, -0.1) is 11.3 Å². The topological polar surface area (TPSA) is 84.0 Å². The molecule has 0 aliphatic carbocycles. The van der Waals surface area contributed by atoms with Crippen LogP contribution in [0.3, 0.4) is 0 Å². The SMILES string of the molecule is COc1ccc2c(c1)N=C(C(=O)O)/C2=C/c1sc(=S)n(C)c1O. The first-order chi connectivity index (χ1) is 10.9. The predicted molar refractivity (Wildman–Crippen MR) is 91.4 cm³/mol. The Morgan fingerprint density at radius 3 is 2.78 bits per heavy atom. The van der Waals surface area contributed by atoms with Crippen molar-refractivity contribution in [2.75, 3.05) is 7.11 Å². The number of carboxylic acids is 1. The fourth-order valence-corrected chi connectivity index (χ4v) is 3.43. The molecule has 1 aromatic heterocycles. The summed E-state index contributed by atoms with van der Waals surface area (Å²) in [5.74, 6) is -0.540. The van der Waals surface area contributed by atoms with Crippen molar-refractivity contribution < 1.29 is 19.7 Å². The highest BCUT2D eigenvalue weighted by atomic mass is 32.1. The van der Waals surface area contributed by atoms with E-state index in [1.165, 1.54) is 23.0 Å². The standard InChI is InChI=1S/C15H12N2O4S2/c1-17-13(18)11(23-15(17)22)6-9-8-4-3-7(21-2)5-10(8)16-12(9)14(19)20/h3-6,18H,1-2H3,(H,19,20)/b9-6+. The minimum atomic E-state index is -1.13. The van der Waals surface area contributed by atoms with E-state index in [2.05, 4.69) is 4.99 Å². The highest BCUT2D eigenvalue weighted by molar-refractivity contribution is 7.73. The third-order valence-electron chi connectivity index (χ3n) is 3.47. The van der Waals surface area contributed by atoms with Crippen molar-refractivity contribution in [1.82, 2.24) is 4.57 Å². The lowest BCUT2D eigenvalue weighted by atomic mass is 10.0. The summed E-state index contributed by atoms with van der Waals surface area (Å²) in [5, 5.41) is 19.5. The van der Waals surface area contributed by atoms with Crippen LogP contribution in [0.4, 0.5) is 5.69 Å². The lowest BCUT2D eigenvalue weighted by Crippen LogP contribution is -2.11. The average molecular weight is 348 g/mol. The molecule has 0 spiro atoms. The summed E-state index contributed by atoms with van der Waals surface area (Å²) in [4.78, 5) is 16.1. The van der Waals surface area contributed by atoms with E-state index in [4.69, 9.17) is 17.0 Å². The van der Waals surface area contributed by atoms with Crippen LogP contribution in [-0.4, -0.2) is 33.6 Å². The number of aromatic hydroxyl groups is 1. The van der Waals surface area contributed by atoms with E-state index in [1.807, 2.05) is 0 Å². The normalized spacial score (nSPS) is 14.7. The summed E-state index contributed by atoms with van der Waals surface area (Å²) in [6.45, 7) is 0. The van der Waals surface area contributed by atoms with Crippen LogP contribution in [0.2, 0.25) is 0 Å². The van der Waals surface area contributed by atoms with Gasteiger partial charge in [-0.05, 0) is 30.4 Å². The number of hydrogen-bond acceptors (Lipinski definition) is 6. The molecule has 8 heteroatoms. The van der Waals surface area contributed by atoms with Gasteiger partial charge >= 0.3 is 5.97 Å². The Balaban J connectivity index is 2.20. The van der Waals surface area contributed by atoms with E-state index in [9.17, 15) is 15.0 Å². The minimum Gasteiger partial charge on any atom is -0.497 e. The zero-order chi connectivity index (χ0) is 16.7. The van der Waals surface area contributed by atoms with Crippen LogP contribution < -0.4 is 4.74 Å². The molecule has 0 fully saturated rings. The molecular formula is C15H12N2O4S2. The average Bonchev–Trinajstić information content (AvgIpc) is 3.00. The third kappa shape index (κ3) is 2.55. The minimum absolute atomic E-state index is 0.000740. The van der Waals surface area contributed by atoms with Gasteiger partial charge in [-0.25, -0.2) is 9.79 Å². The van der Waals surface area contributed by atoms with Crippen molar-refractivity contribution >= 4 is 52.6 Å². The number of rotatable bonds is 3. The van der Waals surface area contributed by atoms with Crippen molar-refractivity contribution in [3.8, 4) is 11.6 Å². The van der Waals surface area contributed by atoms with Gasteiger partial charge in [0.1, 0.15) is 5.75 Å². The number of fused-ring (bicyclic) bond motifs is 1. The zero-order valence-electron chi connectivity index (χ0n) is 12.2. The second kappa shape index (κ2) is 5.64. The molecule has 2 heterocycles. The van der Waals surface area contributed by atoms with Gasteiger partial charge in [-0.3, -0.25) is 4.57 Å². The van der Waals surface area contributed by atoms with Crippen LogP contribution in [0.15, 0.2) is 23.2 Å². The van der Waals surface area contributed by atoms with Crippen molar-refractivity contribution in [3.63, 3.8) is 0 Å². The number of benzene rings is 1. The Morgan fingerprint density at radius 2 is 2.22 bits per heavy atom. The molecule has 23 heavy (non-hydrogen) atoms. The van der Waals surface area contributed by atoms with Crippen molar-refractivity contribution in [2.24, 2.45) is 12.0 Å². The van der Waals surface area contributed by atoms with E-state index >= 15 is 0 Å². The van der Waals surface area contributed by atoms with Crippen molar-refractivity contribution in [3.05, 3.63) is 32.6 Å². The molecule has 1 aliphatic rings. The van der Waals surface area contributed by atoms with E-state index in [0.29, 0.717) is 31.4 Å². The molecule has 118 valence electrons. The van der Waals surface area contributed by atoms with Gasteiger partial charge in [-0.1, -0.05) is 0 Å². The third-order valence-corrected chi connectivity index (χ3v) is 4.96. The number of aliphatic imine (C=N–C) groups is 1. The molecule has 0 amide bonds. The predicted octanol–water partition coefficient (Wildman–Crippen LogP) is 3.24. The molecule has 1 aliphatic heterocycles. The first kappa shape index (κ1) is 15.4. The molecular weight excluding hydrogens is 336 g/mol. The number of carboxylic acid groups (broad SMARTS) is 1. The van der Waals surface area contributed by atoms with Crippen LogP contribution in [0.25, 0.3) is 11.6 Å². The zero-order valence-corrected chi connectivity index (χ0v) is 13.9. The summed E-state index contributed by atoms with van der Waals surface area (Å²) in [5.41, 5.74) is 1.55. The van der Waals surface area contributed by atoms with Crippen molar-refractivity contribution in [1.29, 1.82) is 0 Å². The molecule has 6 nitrogen and oxygen atoms in total. The van der Waals surface area contributed by atoms with E-state index in [0.717, 1.165) is 0 Å². The second-order valence-corrected chi connectivity index (χ2v) is 6.50. The summed E-state index contributed by atoms with van der Waals surface area (Å²) < 4.78 is 7.10. The van der Waals surface area contributed by atoms with Gasteiger partial charge in [0.05, 0.1) is 17.7 Å². The summed E-state index contributed by atoms with van der Waals surface area (Å²) in [6.07, 6.45) is 1.60. The molecule has 3 rings (SSSR count). The van der Waals surface area contributed by atoms with Crippen LogP contribution in [0, 0.1) is 3.95 Å².